The third kappa shape index (κ3) is 6.39. The smallest absolute Gasteiger partial charge is 0.279 e. The molecule has 0 spiro atoms. The summed E-state index contributed by atoms with van der Waals surface area (Å²) in [5, 5.41) is 2.70. The molecule has 3 amide bonds. The van der Waals surface area contributed by atoms with E-state index in [1.165, 1.54) is 32.0 Å². The predicted molar refractivity (Wildman–Crippen MR) is 100 cm³/mol. The lowest BCUT2D eigenvalue weighted by molar-refractivity contribution is -0.133. The summed E-state index contributed by atoms with van der Waals surface area (Å²) in [6, 6.07) is 14.2. The fourth-order valence-corrected chi connectivity index (χ4v) is 2.44. The van der Waals surface area contributed by atoms with Gasteiger partial charge in [0.25, 0.3) is 5.91 Å². The second-order valence-corrected chi connectivity index (χ2v) is 6.10. The molecule has 2 aromatic carbocycles. The number of carbonyl (C=O) groups is 3. The van der Waals surface area contributed by atoms with Gasteiger partial charge in [-0.25, -0.2) is 4.39 Å². The van der Waals surface area contributed by atoms with Crippen molar-refractivity contribution in [3.63, 3.8) is 0 Å². The van der Waals surface area contributed by atoms with Crippen molar-refractivity contribution in [2.24, 2.45) is 0 Å². The van der Waals surface area contributed by atoms with Crippen LogP contribution >= 0.6 is 0 Å². The molecular formula is C20H22FN3O4. The van der Waals surface area contributed by atoms with Crippen molar-refractivity contribution >= 4 is 17.7 Å². The first-order chi connectivity index (χ1) is 13.4. The number of para-hydroxylation sites is 1. The Morgan fingerprint density at radius 1 is 1.00 bits per heavy atom. The number of benzene rings is 2. The lowest BCUT2D eigenvalue weighted by Gasteiger charge is -2.19. The molecule has 0 saturated heterocycles. The number of carbonyl (C=O) groups excluding carboxylic acids is 3. The summed E-state index contributed by atoms with van der Waals surface area (Å²) < 4.78 is 18.8. The van der Waals surface area contributed by atoms with E-state index in [9.17, 15) is 18.8 Å². The Labute approximate surface area is 162 Å². The molecule has 0 bridgehead atoms. The zero-order chi connectivity index (χ0) is 20.5. The highest BCUT2D eigenvalue weighted by molar-refractivity contribution is 5.85. The van der Waals surface area contributed by atoms with E-state index in [0.717, 1.165) is 5.56 Å². The highest BCUT2D eigenvalue weighted by atomic mass is 19.1. The van der Waals surface area contributed by atoms with Gasteiger partial charge in [0.1, 0.15) is 0 Å². The zero-order valence-electron chi connectivity index (χ0n) is 15.6. The minimum absolute atomic E-state index is 0.0636. The number of ether oxygens (including phenoxy) is 1. The van der Waals surface area contributed by atoms with E-state index in [4.69, 9.17) is 4.74 Å². The molecule has 0 aliphatic rings. The van der Waals surface area contributed by atoms with Crippen molar-refractivity contribution in [1.29, 1.82) is 0 Å². The van der Waals surface area contributed by atoms with Crippen LogP contribution in [0.1, 0.15) is 31.9 Å². The number of hydrogen-bond acceptors (Lipinski definition) is 4. The van der Waals surface area contributed by atoms with Crippen LogP contribution in [0.15, 0.2) is 54.6 Å². The fraction of sp³-hybridized carbons (Fsp3) is 0.250. The van der Waals surface area contributed by atoms with Crippen molar-refractivity contribution in [2.75, 3.05) is 0 Å². The van der Waals surface area contributed by atoms with Crippen LogP contribution < -0.4 is 20.9 Å². The van der Waals surface area contributed by atoms with Gasteiger partial charge in [-0.1, -0.05) is 42.5 Å². The topological polar surface area (TPSA) is 96.5 Å². The number of halogens is 1. The van der Waals surface area contributed by atoms with Crippen molar-refractivity contribution in [3.05, 3.63) is 66.0 Å². The standard InChI is InChI=1S/C20H22FN3O4/c1-13(28-18-11-7-6-10-16(18)21)20(27)24-23-19(26)12-17(22-14(2)25)15-8-4-3-5-9-15/h3-11,13,17H,12H2,1-2H3,(H,22,25)(H,23,26)(H,24,27)/t13-,17-/m0/s1. The molecule has 0 radical (unpaired) electrons. The van der Waals surface area contributed by atoms with Crippen LogP contribution in [0.4, 0.5) is 4.39 Å². The van der Waals surface area contributed by atoms with E-state index in [0.29, 0.717) is 0 Å². The molecule has 148 valence electrons. The average molecular weight is 387 g/mol. The van der Waals surface area contributed by atoms with Crippen molar-refractivity contribution < 1.29 is 23.5 Å². The summed E-state index contributed by atoms with van der Waals surface area (Å²) in [6.07, 6.45) is -1.11. The molecule has 0 fully saturated rings. The Morgan fingerprint density at radius 2 is 1.64 bits per heavy atom. The Morgan fingerprint density at radius 3 is 2.29 bits per heavy atom. The van der Waals surface area contributed by atoms with Crippen molar-refractivity contribution in [2.45, 2.75) is 32.4 Å². The molecule has 7 nitrogen and oxygen atoms in total. The maximum Gasteiger partial charge on any atom is 0.279 e. The first kappa shape index (κ1) is 20.9. The Kier molecular flexibility index (Phi) is 7.50. The molecule has 0 heterocycles. The quantitative estimate of drug-likeness (QED) is 0.633. The molecule has 0 unspecified atom stereocenters. The lowest BCUT2D eigenvalue weighted by Crippen LogP contribution is -2.48. The van der Waals surface area contributed by atoms with E-state index in [1.807, 2.05) is 6.07 Å². The minimum atomic E-state index is -1.03. The maximum atomic E-state index is 13.6. The molecule has 0 aliphatic carbocycles. The normalized spacial score (nSPS) is 12.4. The highest BCUT2D eigenvalue weighted by Gasteiger charge is 2.20. The Balaban J connectivity index is 1.88. The molecule has 0 saturated carbocycles. The van der Waals surface area contributed by atoms with Gasteiger partial charge in [0.15, 0.2) is 17.7 Å². The second kappa shape index (κ2) is 10.1. The van der Waals surface area contributed by atoms with E-state index < -0.39 is 29.8 Å². The monoisotopic (exact) mass is 387 g/mol. The van der Waals surface area contributed by atoms with Gasteiger partial charge in [0.05, 0.1) is 12.5 Å². The van der Waals surface area contributed by atoms with Gasteiger partial charge >= 0.3 is 0 Å². The van der Waals surface area contributed by atoms with Crippen LogP contribution in [0.5, 0.6) is 5.75 Å². The average Bonchev–Trinajstić information content (AvgIpc) is 2.67. The molecule has 2 atom stereocenters. The first-order valence-corrected chi connectivity index (χ1v) is 8.68. The highest BCUT2D eigenvalue weighted by Crippen LogP contribution is 2.17. The molecule has 2 aromatic rings. The second-order valence-electron chi connectivity index (χ2n) is 6.10. The lowest BCUT2D eigenvalue weighted by atomic mass is 10.0. The summed E-state index contributed by atoms with van der Waals surface area (Å²) in [5.74, 6) is -2.09. The van der Waals surface area contributed by atoms with Crippen LogP contribution in [0, 0.1) is 5.82 Å². The first-order valence-electron chi connectivity index (χ1n) is 8.68. The van der Waals surface area contributed by atoms with E-state index in [-0.39, 0.29) is 18.1 Å². The van der Waals surface area contributed by atoms with Gasteiger partial charge in [-0.05, 0) is 24.6 Å². The number of nitrogens with one attached hydrogen (secondary N) is 3. The molecule has 2 rings (SSSR count). The van der Waals surface area contributed by atoms with Crippen LogP contribution in [-0.2, 0) is 14.4 Å². The largest absolute Gasteiger partial charge is 0.478 e. The summed E-state index contributed by atoms with van der Waals surface area (Å²) in [4.78, 5) is 35.6. The number of hydrazine groups is 1. The predicted octanol–water partition coefficient (Wildman–Crippen LogP) is 2.01. The summed E-state index contributed by atoms with van der Waals surface area (Å²) in [5.41, 5.74) is 5.27. The van der Waals surface area contributed by atoms with Crippen LogP contribution in [0.25, 0.3) is 0 Å². The minimum Gasteiger partial charge on any atom is -0.478 e. The van der Waals surface area contributed by atoms with Gasteiger partial charge < -0.3 is 10.1 Å². The number of rotatable bonds is 7. The summed E-state index contributed by atoms with van der Waals surface area (Å²) >= 11 is 0. The van der Waals surface area contributed by atoms with Crippen LogP contribution in [-0.4, -0.2) is 23.8 Å². The maximum absolute atomic E-state index is 13.6. The third-order valence-corrected chi connectivity index (χ3v) is 3.80. The van der Waals surface area contributed by atoms with Gasteiger partial charge in [0.2, 0.25) is 11.8 Å². The molecule has 8 heteroatoms. The zero-order valence-corrected chi connectivity index (χ0v) is 15.6. The van der Waals surface area contributed by atoms with E-state index in [1.54, 1.807) is 30.3 Å². The molecule has 0 aromatic heterocycles. The van der Waals surface area contributed by atoms with Gasteiger partial charge in [-0.15, -0.1) is 0 Å². The molecular weight excluding hydrogens is 365 g/mol. The van der Waals surface area contributed by atoms with Crippen LogP contribution in [0.3, 0.4) is 0 Å². The number of hydrogen-bond donors (Lipinski definition) is 3. The van der Waals surface area contributed by atoms with Gasteiger partial charge in [0, 0.05) is 6.92 Å². The molecule has 28 heavy (non-hydrogen) atoms. The molecule has 3 N–H and O–H groups in total. The third-order valence-electron chi connectivity index (χ3n) is 3.80. The van der Waals surface area contributed by atoms with Gasteiger partial charge in [-0.2, -0.15) is 0 Å². The van der Waals surface area contributed by atoms with Crippen LogP contribution in [0.2, 0.25) is 0 Å². The summed E-state index contributed by atoms with van der Waals surface area (Å²) in [6.45, 7) is 2.79. The van der Waals surface area contributed by atoms with Crippen molar-refractivity contribution in [1.82, 2.24) is 16.2 Å². The summed E-state index contributed by atoms with van der Waals surface area (Å²) in [7, 11) is 0. The Bertz CT molecular complexity index is 829. The van der Waals surface area contributed by atoms with E-state index >= 15 is 0 Å². The SMILES string of the molecule is CC(=O)N[C@@H](CC(=O)NNC(=O)[C@H](C)Oc1ccccc1F)c1ccccc1. The van der Waals surface area contributed by atoms with Crippen molar-refractivity contribution in [3.8, 4) is 5.75 Å². The van der Waals surface area contributed by atoms with E-state index in [2.05, 4.69) is 16.2 Å². The molecule has 0 aliphatic heterocycles. The van der Waals surface area contributed by atoms with Gasteiger partial charge in [-0.3, -0.25) is 25.2 Å². The number of amides is 3. The Hall–Kier alpha value is -3.42. The fourth-order valence-electron chi connectivity index (χ4n) is 2.44.